The molecule has 3 heterocycles. The van der Waals surface area contributed by atoms with Crippen LogP contribution >= 0.6 is 0 Å². The summed E-state index contributed by atoms with van der Waals surface area (Å²) in [4.78, 5) is 12.3. The Balaban J connectivity index is 1.46. The quantitative estimate of drug-likeness (QED) is 0.154. The molecule has 3 aliphatic rings. The number of carbonyl (C=O) groups excluding carboxylic acids is 1. The maximum absolute atomic E-state index is 12.3. The van der Waals surface area contributed by atoms with Crippen LogP contribution in [-0.4, -0.2) is 30.8 Å². The molecule has 6 aromatic rings. The van der Waals surface area contributed by atoms with Crippen LogP contribution < -0.4 is 0 Å². The predicted octanol–water partition coefficient (Wildman–Crippen LogP) is 7.30. The maximum atomic E-state index is 12.3. The Labute approximate surface area is 269 Å². The van der Waals surface area contributed by atoms with Crippen molar-refractivity contribution >= 4 is 22.6 Å². The van der Waals surface area contributed by atoms with Gasteiger partial charge in [-0.3, -0.25) is 9.36 Å². The molecule has 5 aromatic carbocycles. The van der Waals surface area contributed by atoms with E-state index in [9.17, 15) is 25.2 Å². The number of hydrogen-bond donors (Lipinski definition) is 4. The third kappa shape index (κ3) is 3.31. The van der Waals surface area contributed by atoms with Crippen LogP contribution in [0.3, 0.4) is 0 Å². The molecule has 1 aliphatic carbocycles. The number of hydrogen-bond acceptors (Lipinski definition) is 6. The van der Waals surface area contributed by atoms with Crippen molar-refractivity contribution in [3.05, 3.63) is 153 Å². The van der Waals surface area contributed by atoms with E-state index in [4.69, 9.17) is 4.74 Å². The van der Waals surface area contributed by atoms with Crippen LogP contribution in [0.4, 0.5) is 0 Å². The van der Waals surface area contributed by atoms with Gasteiger partial charge < -0.3 is 25.2 Å². The lowest BCUT2D eigenvalue weighted by molar-refractivity contribution is -0.113. The SMILES string of the molecule is CC(=O)C1=Cc2c(c(O)c3cc4c(cc3c2O)C2(c3ccccc3)OC4(c3ccccc3)c3c2c(O)n(-c2ccccc2)c3O)CC1. The highest BCUT2D eigenvalue weighted by Gasteiger charge is 2.68. The van der Waals surface area contributed by atoms with Crippen molar-refractivity contribution in [1.82, 2.24) is 4.57 Å². The van der Waals surface area contributed by atoms with E-state index in [1.165, 1.54) is 11.5 Å². The number of para-hydroxylation sites is 1. The highest BCUT2D eigenvalue weighted by atomic mass is 16.5. The zero-order valence-corrected chi connectivity index (χ0v) is 25.4. The van der Waals surface area contributed by atoms with Gasteiger partial charge in [0.25, 0.3) is 0 Å². The van der Waals surface area contributed by atoms with Gasteiger partial charge >= 0.3 is 0 Å². The van der Waals surface area contributed by atoms with Crippen LogP contribution in [0.25, 0.3) is 22.5 Å². The number of phenolic OH excluding ortho intramolecular Hbond substituents is 2. The monoisotopic (exact) mass is 619 g/mol. The molecule has 47 heavy (non-hydrogen) atoms. The molecule has 9 rings (SSSR count). The molecule has 1 aromatic heterocycles. The highest BCUT2D eigenvalue weighted by molar-refractivity contribution is 6.04. The topological polar surface area (TPSA) is 112 Å². The van der Waals surface area contributed by atoms with E-state index in [0.29, 0.717) is 68.3 Å². The fraction of sp³-hybridized carbons (Fsp3) is 0.125. The third-order valence-corrected chi connectivity index (χ3v) is 10.2. The Hall–Kier alpha value is -5.79. The Bertz CT molecular complexity index is 2340. The minimum atomic E-state index is -1.41. The lowest BCUT2D eigenvalue weighted by atomic mass is 9.68. The standard InChI is InChI=1S/C40H29NO6/c1-22(42)23-17-18-27-28(19-23)36(44)30-21-32-31(20-29(30)35(27)43)39(24-11-5-2-6-12-24)33-34(40(32,47-39)25-13-7-3-8-14-25)38(46)41(37(33)45)26-15-9-4-10-16-26/h2-16,19-21,43-46H,17-18H2,1H3. The number of fused-ring (bicyclic) bond motifs is 10. The smallest absolute Gasteiger partial charge is 0.206 e. The Morgan fingerprint density at radius 3 is 1.68 bits per heavy atom. The number of aromatic nitrogens is 1. The zero-order valence-electron chi connectivity index (χ0n) is 25.4. The predicted molar refractivity (Wildman–Crippen MR) is 177 cm³/mol. The van der Waals surface area contributed by atoms with E-state index >= 15 is 0 Å². The van der Waals surface area contributed by atoms with E-state index in [-0.39, 0.29) is 29.0 Å². The number of allylic oxidation sites excluding steroid dienone is 1. The second-order valence-corrected chi connectivity index (χ2v) is 12.5. The molecule has 0 radical (unpaired) electrons. The van der Waals surface area contributed by atoms with Crippen LogP contribution in [0.5, 0.6) is 23.3 Å². The van der Waals surface area contributed by atoms with Crippen LogP contribution in [-0.2, 0) is 27.2 Å². The lowest BCUT2D eigenvalue weighted by Crippen LogP contribution is -2.27. The Morgan fingerprint density at radius 1 is 0.681 bits per heavy atom. The number of nitrogens with zero attached hydrogens (tertiary/aromatic N) is 1. The van der Waals surface area contributed by atoms with Crippen molar-refractivity contribution in [2.45, 2.75) is 31.0 Å². The summed E-state index contributed by atoms with van der Waals surface area (Å²) in [5.74, 6) is -0.405. The summed E-state index contributed by atoms with van der Waals surface area (Å²) in [6, 6.07) is 31.9. The van der Waals surface area contributed by atoms with Crippen LogP contribution in [0.1, 0.15) is 57.9 Å². The largest absolute Gasteiger partial charge is 0.507 e. The number of ether oxygens (including phenoxy) is 1. The first-order valence-electron chi connectivity index (χ1n) is 15.6. The number of aromatic hydroxyl groups is 4. The van der Waals surface area contributed by atoms with Crippen molar-refractivity contribution in [2.24, 2.45) is 0 Å². The van der Waals surface area contributed by atoms with Crippen molar-refractivity contribution < 1.29 is 30.0 Å². The first kappa shape index (κ1) is 27.5. The highest BCUT2D eigenvalue weighted by Crippen LogP contribution is 2.71. The van der Waals surface area contributed by atoms with Gasteiger partial charge in [-0.15, -0.1) is 0 Å². The number of carbonyl (C=O) groups is 1. The van der Waals surface area contributed by atoms with Gasteiger partial charge in [-0.05, 0) is 66.8 Å². The zero-order chi connectivity index (χ0) is 32.2. The molecule has 2 bridgehead atoms. The van der Waals surface area contributed by atoms with Gasteiger partial charge in [0.1, 0.15) is 11.5 Å². The number of ketones is 1. The molecule has 4 N–H and O–H groups in total. The van der Waals surface area contributed by atoms with Gasteiger partial charge in [-0.2, -0.15) is 0 Å². The first-order chi connectivity index (χ1) is 22.8. The molecule has 0 amide bonds. The number of phenols is 2. The molecule has 0 saturated carbocycles. The second-order valence-electron chi connectivity index (χ2n) is 12.5. The van der Waals surface area contributed by atoms with Crippen LogP contribution in [0.15, 0.2) is 109 Å². The average Bonchev–Trinajstić information content (AvgIpc) is 3.70. The molecule has 7 nitrogen and oxygen atoms in total. The maximum Gasteiger partial charge on any atom is 0.206 e. The molecule has 0 spiro atoms. The van der Waals surface area contributed by atoms with E-state index in [1.807, 2.05) is 103 Å². The minimum Gasteiger partial charge on any atom is -0.507 e. The van der Waals surface area contributed by atoms with Gasteiger partial charge in [0, 0.05) is 33.0 Å². The number of rotatable bonds is 4. The van der Waals surface area contributed by atoms with Crippen molar-refractivity contribution in [2.75, 3.05) is 0 Å². The van der Waals surface area contributed by atoms with E-state index < -0.39 is 11.2 Å². The summed E-state index contributed by atoms with van der Waals surface area (Å²) >= 11 is 0. The molecule has 2 atom stereocenters. The number of benzene rings is 5. The summed E-state index contributed by atoms with van der Waals surface area (Å²) in [5, 5.41) is 48.7. The van der Waals surface area contributed by atoms with Crippen molar-refractivity contribution in [3.8, 4) is 28.9 Å². The second kappa shape index (κ2) is 9.37. The average molecular weight is 620 g/mol. The summed E-state index contributed by atoms with van der Waals surface area (Å²) in [6.07, 6.45) is 2.54. The van der Waals surface area contributed by atoms with Crippen molar-refractivity contribution in [3.63, 3.8) is 0 Å². The van der Waals surface area contributed by atoms with Crippen molar-refractivity contribution in [1.29, 1.82) is 0 Å². The van der Waals surface area contributed by atoms with Gasteiger partial charge in [0.2, 0.25) is 11.8 Å². The fourth-order valence-corrected chi connectivity index (χ4v) is 8.15. The summed E-state index contributed by atoms with van der Waals surface area (Å²) < 4.78 is 8.77. The summed E-state index contributed by atoms with van der Waals surface area (Å²) in [5.41, 5.74) is 2.98. The first-order valence-corrected chi connectivity index (χ1v) is 15.6. The van der Waals surface area contributed by atoms with E-state index in [1.54, 1.807) is 6.08 Å². The fourth-order valence-electron chi connectivity index (χ4n) is 8.15. The molecule has 0 saturated heterocycles. The molecule has 230 valence electrons. The van der Waals surface area contributed by atoms with Gasteiger partial charge in [0.15, 0.2) is 17.0 Å². The Kier molecular flexibility index (Phi) is 5.49. The molecule has 2 unspecified atom stereocenters. The molecule has 7 heteroatoms. The van der Waals surface area contributed by atoms with Crippen LogP contribution in [0, 0.1) is 0 Å². The van der Waals surface area contributed by atoms with Gasteiger partial charge in [-0.1, -0.05) is 78.9 Å². The van der Waals surface area contributed by atoms with Gasteiger partial charge in [0.05, 0.1) is 16.8 Å². The molecular weight excluding hydrogens is 590 g/mol. The summed E-state index contributed by atoms with van der Waals surface area (Å²) in [6.45, 7) is 1.50. The summed E-state index contributed by atoms with van der Waals surface area (Å²) in [7, 11) is 0. The van der Waals surface area contributed by atoms with Crippen LogP contribution in [0.2, 0.25) is 0 Å². The molecule has 0 fully saturated rings. The van der Waals surface area contributed by atoms with Gasteiger partial charge in [-0.25, -0.2) is 0 Å². The Morgan fingerprint density at radius 2 is 1.17 bits per heavy atom. The lowest BCUT2D eigenvalue weighted by Gasteiger charge is -2.29. The molecular formula is C40H29NO6. The molecule has 2 aliphatic heterocycles. The number of Topliss-reactive ketones (excluding diaryl/α,β-unsaturated/α-hetero) is 1. The van der Waals surface area contributed by atoms with E-state index in [2.05, 4.69) is 0 Å². The minimum absolute atomic E-state index is 0.0309. The van der Waals surface area contributed by atoms with E-state index in [0.717, 1.165) is 11.1 Å². The third-order valence-electron chi connectivity index (χ3n) is 10.2. The normalized spacial score (nSPS) is 20.5.